The number of phenolic OH excluding ortho intramolecular Hbond substituents is 2. The first kappa shape index (κ1) is 48.2. The Morgan fingerprint density at radius 2 is 1.05 bits per heavy atom. The monoisotopic (exact) mass is 846 g/mol. The molecule has 0 unspecified atom stereocenters. The van der Waals surface area contributed by atoms with Crippen LogP contribution in [0.15, 0.2) is 78.9 Å². The number of hydrogen-bond donors (Lipinski definition) is 10. The van der Waals surface area contributed by atoms with E-state index in [4.69, 9.17) is 51.1 Å². The zero-order chi connectivity index (χ0) is 43.6. The average Bonchev–Trinajstić information content (AvgIpc) is 3.13. The zero-order valence-electron chi connectivity index (χ0n) is 31.3. The largest absolute Gasteiger partial charge is 0.507 e. The number of amidine groups is 2. The molecule has 0 aliphatic heterocycles. The van der Waals surface area contributed by atoms with Crippen LogP contribution in [0.5, 0.6) is 23.0 Å². The van der Waals surface area contributed by atoms with Crippen LogP contribution in [0.4, 0.5) is 0 Å². The Balaban J connectivity index is 0.000000307. The molecule has 0 spiro atoms. The molecule has 18 nitrogen and oxygen atoms in total. The second-order valence-corrected chi connectivity index (χ2v) is 15.4. The van der Waals surface area contributed by atoms with Gasteiger partial charge in [0.2, 0.25) is 5.78 Å². The molecule has 20 heteroatoms. The molecule has 0 atom stereocenters. The van der Waals surface area contributed by atoms with Crippen molar-refractivity contribution in [2.75, 3.05) is 37.9 Å². The van der Waals surface area contributed by atoms with Crippen LogP contribution >= 0.6 is 0 Å². The second kappa shape index (κ2) is 22.7. The number of fused-ring (bicyclic) bond motifs is 2. The van der Waals surface area contributed by atoms with Crippen LogP contribution in [0.2, 0.25) is 0 Å². The molecular weight excluding hydrogens is 801 g/mol. The van der Waals surface area contributed by atoms with E-state index in [1.54, 1.807) is 37.3 Å². The van der Waals surface area contributed by atoms with Crippen LogP contribution in [0.1, 0.15) is 67.8 Å². The van der Waals surface area contributed by atoms with Gasteiger partial charge in [-0.25, -0.2) is 0 Å². The number of benzene rings is 4. The van der Waals surface area contributed by atoms with Crippen molar-refractivity contribution >= 4 is 43.5 Å². The summed E-state index contributed by atoms with van der Waals surface area (Å²) in [6.45, 7) is 1.97. The average molecular weight is 847 g/mol. The van der Waals surface area contributed by atoms with E-state index in [1.807, 2.05) is 24.3 Å². The molecule has 1 aliphatic rings. The van der Waals surface area contributed by atoms with Gasteiger partial charge in [0.25, 0.3) is 20.2 Å². The van der Waals surface area contributed by atoms with Crippen LogP contribution in [-0.2, 0) is 20.2 Å². The van der Waals surface area contributed by atoms with Gasteiger partial charge < -0.3 is 41.4 Å². The maximum absolute atomic E-state index is 12.3. The first-order valence-corrected chi connectivity index (χ1v) is 20.4. The number of nitrogen functional groups attached to an aromatic ring is 2. The summed E-state index contributed by atoms with van der Waals surface area (Å²) in [4.78, 5) is 24.7. The van der Waals surface area contributed by atoms with Gasteiger partial charge in [-0.15, -0.1) is 0 Å². The predicted octanol–water partition coefficient (Wildman–Crippen LogP) is 2.80. The first-order valence-electron chi connectivity index (χ1n) is 17.2. The maximum atomic E-state index is 12.3. The van der Waals surface area contributed by atoms with E-state index in [0.717, 1.165) is 30.8 Å². The maximum Gasteiger partial charge on any atom is 0.267 e. The smallest absolute Gasteiger partial charge is 0.267 e. The lowest BCUT2D eigenvalue weighted by Gasteiger charge is -2.19. The highest BCUT2D eigenvalue weighted by Crippen LogP contribution is 2.36. The summed E-state index contributed by atoms with van der Waals surface area (Å²) in [5.41, 5.74) is 13.2. The third-order valence-corrected chi connectivity index (χ3v) is 9.00. The van der Waals surface area contributed by atoms with E-state index in [9.17, 15) is 36.6 Å². The number of hydrogen-bond acceptors (Lipinski definition) is 14. The van der Waals surface area contributed by atoms with E-state index in [-0.39, 0.29) is 51.2 Å². The van der Waals surface area contributed by atoms with Gasteiger partial charge in [-0.1, -0.05) is 12.1 Å². The summed E-state index contributed by atoms with van der Waals surface area (Å²) in [6.07, 6.45) is 2.90. The minimum atomic E-state index is -3.92. The minimum absolute atomic E-state index is 0.0374. The Bertz CT molecular complexity index is 2170. The van der Waals surface area contributed by atoms with Crippen molar-refractivity contribution in [3.05, 3.63) is 118 Å². The lowest BCUT2D eigenvalue weighted by Crippen LogP contribution is -2.21. The van der Waals surface area contributed by atoms with E-state index in [1.165, 1.54) is 24.3 Å². The molecule has 0 heterocycles. The Kier molecular flexibility index (Phi) is 18.9. The van der Waals surface area contributed by atoms with E-state index in [2.05, 4.69) is 0 Å². The van der Waals surface area contributed by atoms with Crippen LogP contribution in [0, 0.1) is 17.7 Å². The summed E-state index contributed by atoms with van der Waals surface area (Å²) in [7, 11) is -7.85. The fourth-order valence-electron chi connectivity index (χ4n) is 4.88. The fourth-order valence-corrected chi connectivity index (χ4v) is 5.34. The van der Waals surface area contributed by atoms with Crippen molar-refractivity contribution in [1.29, 1.82) is 10.8 Å². The predicted molar refractivity (Wildman–Crippen MR) is 215 cm³/mol. The van der Waals surface area contributed by atoms with E-state index < -0.39 is 50.7 Å². The molecule has 0 amide bonds. The van der Waals surface area contributed by atoms with Crippen LogP contribution in [-0.4, -0.2) is 108 Å². The molecule has 58 heavy (non-hydrogen) atoms. The number of phenols is 2. The standard InChI is InChI=1S/C19H24N4O2.C15H10O4.2C2H6O4S/c20-18(21)14-4-8-16(9-5-14)24-12-2-1-3-13-25-17-10-6-15(7-11-17)19(22)23;1-7-5-9-13(11(17)6-7)15(19)12-8(14(9)18)3-2-4-10(12)16;2*3-1-2-7(4,5)6/h4-11H,1-3,12-13H2,(H3,20,21)(H3,22,23);2-6,16-17H,1H3;2*3H,1-2H2,(H,4,5,6). The van der Waals surface area contributed by atoms with Crippen molar-refractivity contribution in [2.45, 2.75) is 26.2 Å². The number of carbonyl (C=O) groups excluding carboxylic acids is 2. The first-order chi connectivity index (χ1) is 27.2. The molecule has 0 saturated heterocycles. The Morgan fingerprint density at radius 1 is 0.621 bits per heavy atom. The normalized spacial score (nSPS) is 11.5. The molecule has 4 aromatic rings. The van der Waals surface area contributed by atoms with Gasteiger partial charge in [-0.2, -0.15) is 16.8 Å². The van der Waals surface area contributed by atoms with Crippen molar-refractivity contribution in [2.24, 2.45) is 11.5 Å². The van der Waals surface area contributed by atoms with E-state index >= 15 is 0 Å². The van der Waals surface area contributed by atoms with Crippen molar-refractivity contribution in [3.63, 3.8) is 0 Å². The molecule has 5 rings (SSSR count). The number of nitrogens with two attached hydrogens (primary N) is 2. The van der Waals surface area contributed by atoms with Crippen LogP contribution in [0.3, 0.4) is 0 Å². The molecular formula is C38H46N4O14S2. The summed E-state index contributed by atoms with van der Waals surface area (Å²) < 4.78 is 65.5. The van der Waals surface area contributed by atoms with Crippen molar-refractivity contribution in [3.8, 4) is 23.0 Å². The number of aliphatic hydroxyl groups excluding tert-OH is 2. The Labute approximate surface area is 335 Å². The number of ketones is 2. The van der Waals surface area contributed by atoms with Gasteiger partial charge in [0.15, 0.2) is 5.78 Å². The molecule has 1 aliphatic carbocycles. The summed E-state index contributed by atoms with van der Waals surface area (Å²) in [5, 5.41) is 50.1. The van der Waals surface area contributed by atoms with Crippen molar-refractivity contribution in [1.82, 2.24) is 0 Å². The summed E-state index contributed by atoms with van der Waals surface area (Å²) in [6, 6.07) is 21.8. The summed E-state index contributed by atoms with van der Waals surface area (Å²) in [5.74, 6) is -0.841. The lowest BCUT2D eigenvalue weighted by atomic mass is 9.82. The number of aliphatic hydroxyl groups is 2. The lowest BCUT2D eigenvalue weighted by molar-refractivity contribution is 0.0974. The van der Waals surface area contributed by atoms with Gasteiger partial charge in [0.1, 0.15) is 34.7 Å². The van der Waals surface area contributed by atoms with Gasteiger partial charge >= 0.3 is 0 Å². The molecule has 0 bridgehead atoms. The van der Waals surface area contributed by atoms with Crippen LogP contribution < -0.4 is 20.9 Å². The molecule has 0 aromatic heterocycles. The van der Waals surface area contributed by atoms with Crippen molar-refractivity contribution < 1.29 is 65.4 Å². The number of aryl methyl sites for hydroxylation is 1. The van der Waals surface area contributed by atoms with Gasteiger partial charge in [-0.3, -0.25) is 29.5 Å². The zero-order valence-corrected chi connectivity index (χ0v) is 32.9. The fraction of sp³-hybridized carbons (Fsp3) is 0.263. The quantitative estimate of drug-likeness (QED) is 0.0332. The molecule has 4 aromatic carbocycles. The number of unbranched alkanes of at least 4 members (excludes halogenated alkanes) is 2. The number of nitrogens with one attached hydrogen (secondary N) is 2. The Morgan fingerprint density at radius 3 is 1.43 bits per heavy atom. The SMILES string of the molecule is Cc1cc(O)c2c(c1)C(=O)c1cccc(O)c1C2=O.N=C(N)c1ccc(OCCCCCOc2ccc(C(=N)N)cc2)cc1.O=S(=O)(O)CCO.O=S(=O)(O)CCO. The molecule has 0 saturated carbocycles. The minimum Gasteiger partial charge on any atom is -0.507 e. The number of rotatable bonds is 14. The number of carbonyl (C=O) groups is 2. The molecule has 12 N–H and O–H groups in total. The van der Waals surface area contributed by atoms with Crippen LogP contribution in [0.25, 0.3) is 0 Å². The van der Waals surface area contributed by atoms with Gasteiger partial charge in [-0.05, 0) is 98.5 Å². The molecule has 0 radical (unpaired) electrons. The Hall–Kier alpha value is -5.90. The second-order valence-electron chi connectivity index (χ2n) is 12.2. The molecule has 314 valence electrons. The summed E-state index contributed by atoms with van der Waals surface area (Å²) >= 11 is 0. The highest BCUT2D eigenvalue weighted by Gasteiger charge is 2.34. The van der Waals surface area contributed by atoms with Gasteiger partial charge in [0, 0.05) is 22.3 Å². The third kappa shape index (κ3) is 16.3. The third-order valence-electron chi connectivity index (χ3n) is 7.60. The van der Waals surface area contributed by atoms with E-state index in [0.29, 0.717) is 29.9 Å². The highest BCUT2D eigenvalue weighted by atomic mass is 32.2. The van der Waals surface area contributed by atoms with Gasteiger partial charge in [0.05, 0.1) is 49.1 Å². The topological polar surface area (TPSA) is 342 Å². The number of ether oxygens (including phenoxy) is 2. The molecule has 0 fully saturated rings. The highest BCUT2D eigenvalue weighted by molar-refractivity contribution is 7.86. The number of aromatic hydroxyl groups is 2.